The number of nitrogens with one attached hydrogen (secondary N) is 1. The van der Waals surface area contributed by atoms with Crippen LogP contribution in [-0.4, -0.2) is 34.9 Å². The molecule has 2 unspecified atom stereocenters. The SMILES string of the molecule is COc1cccc(N2CCC(NC(=O)O)C2I)c1. The third-order valence-corrected chi connectivity index (χ3v) is 4.55. The van der Waals surface area contributed by atoms with Crippen molar-refractivity contribution >= 4 is 34.4 Å². The van der Waals surface area contributed by atoms with Gasteiger partial charge in [-0.25, -0.2) is 4.79 Å². The molecule has 6 heteroatoms. The Morgan fingerprint density at radius 2 is 2.39 bits per heavy atom. The van der Waals surface area contributed by atoms with Gasteiger partial charge in [0.2, 0.25) is 0 Å². The van der Waals surface area contributed by atoms with Crippen LogP contribution in [0.2, 0.25) is 0 Å². The van der Waals surface area contributed by atoms with Gasteiger partial charge in [0.05, 0.1) is 13.2 Å². The van der Waals surface area contributed by atoms with Gasteiger partial charge in [0.25, 0.3) is 0 Å². The second kappa shape index (κ2) is 5.64. The van der Waals surface area contributed by atoms with Gasteiger partial charge in [0.15, 0.2) is 0 Å². The highest BCUT2D eigenvalue weighted by Gasteiger charge is 2.33. The van der Waals surface area contributed by atoms with E-state index in [1.54, 1.807) is 7.11 Å². The highest BCUT2D eigenvalue weighted by Crippen LogP contribution is 2.31. The van der Waals surface area contributed by atoms with Crippen LogP contribution in [0, 0.1) is 0 Å². The van der Waals surface area contributed by atoms with Gasteiger partial charge >= 0.3 is 6.09 Å². The van der Waals surface area contributed by atoms with Crippen molar-refractivity contribution in [3.05, 3.63) is 24.3 Å². The molecule has 1 aliphatic heterocycles. The van der Waals surface area contributed by atoms with Crippen molar-refractivity contribution in [1.82, 2.24) is 5.32 Å². The van der Waals surface area contributed by atoms with Crippen molar-refractivity contribution in [2.75, 3.05) is 18.6 Å². The standard InChI is InChI=1S/C12H15IN2O3/c1-18-9-4-2-3-8(7-9)15-6-5-10(11(15)13)14-12(16)17/h2-4,7,10-11,14H,5-6H2,1H3,(H,16,17). The Hall–Kier alpha value is -1.18. The summed E-state index contributed by atoms with van der Waals surface area (Å²) >= 11 is 2.28. The zero-order valence-electron chi connectivity index (χ0n) is 9.97. The second-order valence-electron chi connectivity index (χ2n) is 4.11. The van der Waals surface area contributed by atoms with Crippen LogP contribution in [0.4, 0.5) is 10.5 Å². The van der Waals surface area contributed by atoms with E-state index in [4.69, 9.17) is 9.84 Å². The zero-order valence-corrected chi connectivity index (χ0v) is 12.1. The van der Waals surface area contributed by atoms with Crippen molar-refractivity contribution in [2.24, 2.45) is 0 Å². The van der Waals surface area contributed by atoms with E-state index < -0.39 is 6.09 Å². The number of amides is 1. The minimum Gasteiger partial charge on any atom is -0.497 e. The number of hydrogen-bond acceptors (Lipinski definition) is 3. The summed E-state index contributed by atoms with van der Waals surface area (Å²) in [4.78, 5) is 12.9. The van der Waals surface area contributed by atoms with Gasteiger partial charge in [-0.2, -0.15) is 0 Å². The minimum absolute atomic E-state index is 0.0331. The molecule has 1 aromatic carbocycles. The monoisotopic (exact) mass is 362 g/mol. The van der Waals surface area contributed by atoms with Crippen LogP contribution >= 0.6 is 22.6 Å². The Morgan fingerprint density at radius 1 is 1.61 bits per heavy atom. The number of carbonyl (C=O) groups is 1. The van der Waals surface area contributed by atoms with Gasteiger partial charge in [-0.05, 0) is 18.6 Å². The quantitative estimate of drug-likeness (QED) is 0.492. The smallest absolute Gasteiger partial charge is 0.404 e. The lowest BCUT2D eigenvalue weighted by atomic mass is 10.2. The Labute approximate surface area is 119 Å². The number of ether oxygens (including phenoxy) is 1. The molecule has 0 radical (unpaired) electrons. The highest BCUT2D eigenvalue weighted by atomic mass is 127. The molecular formula is C12H15IN2O3. The van der Waals surface area contributed by atoms with Gasteiger partial charge in [-0.3, -0.25) is 0 Å². The summed E-state index contributed by atoms with van der Waals surface area (Å²) in [5, 5.41) is 11.3. The maximum atomic E-state index is 10.7. The molecule has 1 fully saturated rings. The van der Waals surface area contributed by atoms with Crippen LogP contribution in [0.3, 0.4) is 0 Å². The molecule has 1 aliphatic rings. The predicted molar refractivity (Wildman–Crippen MR) is 77.7 cm³/mol. The molecular weight excluding hydrogens is 347 g/mol. The van der Waals surface area contributed by atoms with Crippen LogP contribution in [-0.2, 0) is 0 Å². The highest BCUT2D eigenvalue weighted by molar-refractivity contribution is 14.1. The Kier molecular flexibility index (Phi) is 4.15. The van der Waals surface area contributed by atoms with Gasteiger partial charge in [0, 0.05) is 18.3 Å². The average molecular weight is 362 g/mol. The summed E-state index contributed by atoms with van der Waals surface area (Å²) < 4.78 is 5.32. The predicted octanol–water partition coefficient (Wildman–Crippen LogP) is 2.30. The van der Waals surface area contributed by atoms with Crippen LogP contribution < -0.4 is 15.0 Å². The van der Waals surface area contributed by atoms with Crippen LogP contribution in [0.15, 0.2) is 24.3 Å². The summed E-state index contributed by atoms with van der Waals surface area (Å²) in [7, 11) is 1.64. The van der Waals surface area contributed by atoms with Crippen LogP contribution in [0.1, 0.15) is 6.42 Å². The summed E-state index contributed by atoms with van der Waals surface area (Å²) in [6.45, 7) is 0.839. The van der Waals surface area contributed by atoms with Crippen molar-refractivity contribution in [3.8, 4) is 5.75 Å². The van der Waals surface area contributed by atoms with Crippen molar-refractivity contribution in [3.63, 3.8) is 0 Å². The molecule has 0 aliphatic carbocycles. The number of rotatable bonds is 3. The number of methoxy groups -OCH3 is 1. The van der Waals surface area contributed by atoms with Gasteiger partial charge in [-0.1, -0.05) is 28.7 Å². The Bertz CT molecular complexity index is 441. The minimum atomic E-state index is -0.964. The van der Waals surface area contributed by atoms with Crippen molar-refractivity contribution in [2.45, 2.75) is 16.5 Å². The molecule has 0 aromatic heterocycles. The van der Waals surface area contributed by atoms with Crippen molar-refractivity contribution < 1.29 is 14.6 Å². The van der Waals surface area contributed by atoms with E-state index in [9.17, 15) is 4.79 Å². The first kappa shape index (κ1) is 13.3. The molecule has 0 spiro atoms. The Balaban J connectivity index is 2.12. The fourth-order valence-electron chi connectivity index (χ4n) is 2.12. The molecule has 1 saturated heterocycles. The number of carboxylic acid groups (broad SMARTS) is 1. The van der Waals surface area contributed by atoms with Gasteiger partial charge in [0.1, 0.15) is 9.80 Å². The number of hydrogen-bond donors (Lipinski definition) is 2. The van der Waals surface area contributed by atoms with E-state index >= 15 is 0 Å². The Morgan fingerprint density at radius 3 is 3.06 bits per heavy atom. The topological polar surface area (TPSA) is 61.8 Å². The average Bonchev–Trinajstić information content (AvgIpc) is 2.70. The lowest BCUT2D eigenvalue weighted by molar-refractivity contribution is 0.190. The summed E-state index contributed by atoms with van der Waals surface area (Å²) in [5.41, 5.74) is 1.06. The lowest BCUT2D eigenvalue weighted by Crippen LogP contribution is -2.41. The fourth-order valence-corrected chi connectivity index (χ4v) is 3.26. The molecule has 0 bridgehead atoms. The van der Waals surface area contributed by atoms with Gasteiger partial charge < -0.3 is 20.1 Å². The number of nitrogens with zero attached hydrogens (tertiary/aromatic N) is 1. The molecule has 5 nitrogen and oxygen atoms in total. The van der Waals surface area contributed by atoms with E-state index in [0.29, 0.717) is 0 Å². The summed E-state index contributed by atoms with van der Waals surface area (Å²) in [6, 6.07) is 7.78. The van der Waals surface area contributed by atoms with E-state index in [1.807, 2.05) is 24.3 Å². The van der Waals surface area contributed by atoms with Crippen molar-refractivity contribution in [1.29, 1.82) is 0 Å². The second-order valence-corrected chi connectivity index (χ2v) is 5.39. The van der Waals surface area contributed by atoms with E-state index in [2.05, 4.69) is 32.8 Å². The number of benzene rings is 1. The first-order valence-electron chi connectivity index (χ1n) is 5.66. The van der Waals surface area contributed by atoms with E-state index in [-0.39, 0.29) is 10.1 Å². The molecule has 18 heavy (non-hydrogen) atoms. The molecule has 1 amide bonds. The maximum Gasteiger partial charge on any atom is 0.404 e. The third-order valence-electron chi connectivity index (χ3n) is 3.00. The number of alkyl halides is 1. The maximum absolute atomic E-state index is 10.7. The fraction of sp³-hybridized carbons (Fsp3) is 0.417. The summed E-state index contributed by atoms with van der Waals surface area (Å²) in [6.07, 6.45) is -0.147. The van der Waals surface area contributed by atoms with E-state index in [1.165, 1.54) is 0 Å². The van der Waals surface area contributed by atoms with Crippen LogP contribution in [0.25, 0.3) is 0 Å². The van der Waals surface area contributed by atoms with E-state index in [0.717, 1.165) is 24.4 Å². The first-order valence-corrected chi connectivity index (χ1v) is 6.90. The molecule has 1 aromatic rings. The molecule has 2 rings (SSSR count). The largest absolute Gasteiger partial charge is 0.497 e. The molecule has 0 saturated carbocycles. The lowest BCUT2D eigenvalue weighted by Gasteiger charge is -2.25. The third kappa shape index (κ3) is 2.80. The molecule has 2 N–H and O–H groups in total. The normalized spacial score (nSPS) is 22.9. The molecule has 98 valence electrons. The molecule has 2 atom stereocenters. The number of halogens is 1. The van der Waals surface area contributed by atoms with Crippen LogP contribution in [0.5, 0.6) is 5.75 Å². The number of anilines is 1. The summed E-state index contributed by atoms with van der Waals surface area (Å²) in [5.74, 6) is 0.811. The van der Waals surface area contributed by atoms with Gasteiger partial charge in [-0.15, -0.1) is 0 Å². The molecule has 1 heterocycles. The first-order chi connectivity index (χ1) is 8.61. The zero-order chi connectivity index (χ0) is 13.1.